The van der Waals surface area contributed by atoms with Crippen molar-refractivity contribution >= 4 is 11.6 Å². The van der Waals surface area contributed by atoms with Crippen LogP contribution in [0.25, 0.3) is 0 Å². The maximum atomic E-state index is 12.5. The monoisotopic (exact) mass is 258 g/mol. The number of carbonyl (C=O) groups excluding carboxylic acids is 1. The highest BCUT2D eigenvalue weighted by Gasteiger charge is 2.27. The van der Waals surface area contributed by atoms with Gasteiger partial charge in [0.15, 0.2) is 0 Å². The quantitative estimate of drug-likeness (QED) is 0.833. The Kier molecular flexibility index (Phi) is 4.93. The summed E-state index contributed by atoms with van der Waals surface area (Å²) < 4.78 is 5.38. The van der Waals surface area contributed by atoms with Crippen molar-refractivity contribution in [2.45, 2.75) is 19.3 Å². The first-order valence-corrected chi connectivity index (χ1v) is 6.64. The van der Waals surface area contributed by atoms with E-state index in [4.69, 9.17) is 10.00 Å². The van der Waals surface area contributed by atoms with Gasteiger partial charge in [-0.3, -0.25) is 4.79 Å². The molecule has 19 heavy (non-hydrogen) atoms. The zero-order chi connectivity index (χ0) is 13.5. The van der Waals surface area contributed by atoms with Gasteiger partial charge in [0.2, 0.25) is 5.91 Å². The van der Waals surface area contributed by atoms with Gasteiger partial charge in [-0.25, -0.2) is 0 Å². The van der Waals surface area contributed by atoms with E-state index in [1.54, 1.807) is 4.90 Å². The smallest absolute Gasteiger partial charge is 0.232 e. The second kappa shape index (κ2) is 6.91. The van der Waals surface area contributed by atoms with E-state index in [1.807, 2.05) is 30.3 Å². The minimum absolute atomic E-state index is 0.0705. The number of benzene rings is 1. The Morgan fingerprint density at radius 3 is 2.84 bits per heavy atom. The first-order valence-electron chi connectivity index (χ1n) is 6.64. The Hall–Kier alpha value is -1.86. The van der Waals surface area contributed by atoms with Crippen molar-refractivity contribution in [2.75, 3.05) is 24.7 Å². The van der Waals surface area contributed by atoms with Gasteiger partial charge in [-0.15, -0.1) is 0 Å². The molecule has 0 radical (unpaired) electrons. The number of amides is 1. The fraction of sp³-hybridized carbons (Fsp3) is 0.467. The lowest BCUT2D eigenvalue weighted by Gasteiger charge is -2.29. The molecule has 1 aromatic carbocycles. The van der Waals surface area contributed by atoms with Crippen LogP contribution >= 0.6 is 0 Å². The first-order chi connectivity index (χ1) is 9.33. The van der Waals surface area contributed by atoms with E-state index < -0.39 is 0 Å². The van der Waals surface area contributed by atoms with E-state index in [2.05, 4.69) is 6.07 Å². The molecule has 1 aliphatic rings. The maximum Gasteiger partial charge on any atom is 0.232 e. The fourth-order valence-electron chi connectivity index (χ4n) is 2.29. The zero-order valence-electron chi connectivity index (χ0n) is 10.9. The second-order valence-electron chi connectivity index (χ2n) is 4.65. The van der Waals surface area contributed by atoms with Crippen LogP contribution in [0.5, 0.6) is 0 Å². The van der Waals surface area contributed by atoms with E-state index in [-0.39, 0.29) is 11.8 Å². The van der Waals surface area contributed by atoms with Crippen LogP contribution in [0.3, 0.4) is 0 Å². The summed E-state index contributed by atoms with van der Waals surface area (Å²) in [5.41, 5.74) is 0.855. The summed E-state index contributed by atoms with van der Waals surface area (Å²) in [5, 5.41) is 8.74. The average Bonchev–Trinajstić information content (AvgIpc) is 2.49. The Bertz CT molecular complexity index is 447. The molecular weight excluding hydrogens is 240 g/mol. The SMILES string of the molecule is N#CCCN(C(=O)C1CCCOC1)c1ccccc1. The largest absolute Gasteiger partial charge is 0.381 e. The van der Waals surface area contributed by atoms with Gasteiger partial charge in [-0.1, -0.05) is 18.2 Å². The van der Waals surface area contributed by atoms with Gasteiger partial charge < -0.3 is 9.64 Å². The normalized spacial score (nSPS) is 18.6. The molecule has 100 valence electrons. The summed E-state index contributed by atoms with van der Waals surface area (Å²) in [6, 6.07) is 11.6. The predicted octanol–water partition coefficient (Wildman–Crippen LogP) is 2.36. The van der Waals surface area contributed by atoms with Crippen molar-refractivity contribution in [1.29, 1.82) is 5.26 Å². The van der Waals surface area contributed by atoms with Crippen LogP contribution in [0.2, 0.25) is 0 Å². The molecule has 2 rings (SSSR count). The highest BCUT2D eigenvalue weighted by atomic mass is 16.5. The number of hydrogen-bond donors (Lipinski definition) is 0. The Labute approximate surface area is 113 Å². The van der Waals surface area contributed by atoms with Crippen molar-refractivity contribution in [3.63, 3.8) is 0 Å². The molecule has 0 spiro atoms. The van der Waals surface area contributed by atoms with Gasteiger partial charge in [-0.2, -0.15) is 5.26 Å². The van der Waals surface area contributed by atoms with Gasteiger partial charge in [0.1, 0.15) is 0 Å². The number of para-hydroxylation sites is 1. The van der Waals surface area contributed by atoms with Crippen molar-refractivity contribution in [3.8, 4) is 6.07 Å². The van der Waals surface area contributed by atoms with E-state index in [1.165, 1.54) is 0 Å². The van der Waals surface area contributed by atoms with Crippen LogP contribution in [0.1, 0.15) is 19.3 Å². The first kappa shape index (κ1) is 13.6. The molecule has 1 aromatic rings. The average molecular weight is 258 g/mol. The molecule has 4 heteroatoms. The molecule has 0 aliphatic carbocycles. The number of hydrogen-bond acceptors (Lipinski definition) is 3. The maximum absolute atomic E-state index is 12.5. The number of carbonyl (C=O) groups is 1. The lowest BCUT2D eigenvalue weighted by molar-refractivity contribution is -0.126. The minimum Gasteiger partial charge on any atom is -0.381 e. The van der Waals surface area contributed by atoms with Crippen LogP contribution < -0.4 is 4.90 Å². The Morgan fingerprint density at radius 2 is 2.21 bits per heavy atom. The third-order valence-corrected chi connectivity index (χ3v) is 3.29. The molecule has 1 atom stereocenters. The molecule has 1 aliphatic heterocycles. The topological polar surface area (TPSA) is 53.3 Å². The summed E-state index contributed by atoms with van der Waals surface area (Å²) in [6.07, 6.45) is 2.14. The number of nitrogens with zero attached hydrogens (tertiary/aromatic N) is 2. The second-order valence-corrected chi connectivity index (χ2v) is 4.65. The van der Waals surface area contributed by atoms with E-state index in [0.29, 0.717) is 19.6 Å². The van der Waals surface area contributed by atoms with Gasteiger partial charge >= 0.3 is 0 Å². The molecule has 1 unspecified atom stereocenters. The Balaban J connectivity index is 2.12. The van der Waals surface area contributed by atoms with Crippen molar-refractivity contribution in [3.05, 3.63) is 30.3 Å². The molecular formula is C15H18N2O2. The highest BCUT2D eigenvalue weighted by molar-refractivity contribution is 5.95. The summed E-state index contributed by atoms with van der Waals surface area (Å²) in [6.45, 7) is 1.68. The molecule has 4 nitrogen and oxygen atoms in total. The van der Waals surface area contributed by atoms with Crippen LogP contribution in [0, 0.1) is 17.2 Å². The third kappa shape index (κ3) is 3.55. The van der Waals surface area contributed by atoms with Crippen LogP contribution in [-0.4, -0.2) is 25.7 Å². The fourth-order valence-corrected chi connectivity index (χ4v) is 2.29. The molecule has 0 aromatic heterocycles. The number of anilines is 1. The van der Waals surface area contributed by atoms with Crippen molar-refractivity contribution < 1.29 is 9.53 Å². The van der Waals surface area contributed by atoms with Crippen LogP contribution in [0.4, 0.5) is 5.69 Å². The molecule has 1 saturated heterocycles. The number of rotatable bonds is 4. The molecule has 1 amide bonds. The van der Waals surface area contributed by atoms with Gasteiger partial charge in [0.25, 0.3) is 0 Å². The van der Waals surface area contributed by atoms with Crippen molar-refractivity contribution in [1.82, 2.24) is 0 Å². The molecule has 0 N–H and O–H groups in total. The third-order valence-electron chi connectivity index (χ3n) is 3.29. The summed E-state index contributed by atoms with van der Waals surface area (Å²) >= 11 is 0. The molecule has 0 saturated carbocycles. The van der Waals surface area contributed by atoms with E-state index >= 15 is 0 Å². The lowest BCUT2D eigenvalue weighted by Crippen LogP contribution is -2.40. The molecule has 0 bridgehead atoms. The summed E-state index contributed by atoms with van der Waals surface area (Å²) in [5.74, 6) is -0.00574. The van der Waals surface area contributed by atoms with E-state index in [9.17, 15) is 4.79 Å². The Morgan fingerprint density at radius 1 is 1.42 bits per heavy atom. The van der Waals surface area contributed by atoms with Crippen LogP contribution in [-0.2, 0) is 9.53 Å². The van der Waals surface area contributed by atoms with Gasteiger partial charge in [0, 0.05) is 18.8 Å². The lowest BCUT2D eigenvalue weighted by atomic mass is 10.00. The molecule has 1 heterocycles. The minimum atomic E-state index is -0.0763. The zero-order valence-corrected chi connectivity index (χ0v) is 10.9. The highest BCUT2D eigenvalue weighted by Crippen LogP contribution is 2.21. The van der Waals surface area contributed by atoms with Gasteiger partial charge in [0.05, 0.1) is 25.0 Å². The van der Waals surface area contributed by atoms with Crippen LogP contribution in [0.15, 0.2) is 30.3 Å². The van der Waals surface area contributed by atoms with Crippen molar-refractivity contribution in [2.24, 2.45) is 5.92 Å². The summed E-state index contributed by atoms with van der Waals surface area (Å²) in [4.78, 5) is 14.3. The predicted molar refractivity (Wildman–Crippen MR) is 72.6 cm³/mol. The molecule has 1 fully saturated rings. The van der Waals surface area contributed by atoms with Gasteiger partial charge in [-0.05, 0) is 25.0 Å². The standard InChI is InChI=1S/C15H18N2O2/c16-9-5-10-17(14-7-2-1-3-8-14)15(18)13-6-4-11-19-12-13/h1-3,7-8,13H,4-6,10-12H2. The number of nitriles is 1. The number of ether oxygens (including phenoxy) is 1. The van der Waals surface area contributed by atoms with E-state index in [0.717, 1.165) is 25.1 Å². The summed E-state index contributed by atoms with van der Waals surface area (Å²) in [7, 11) is 0.